The molecule has 36 heavy (non-hydrogen) atoms. The van der Waals surface area contributed by atoms with E-state index in [9.17, 15) is 34.8 Å². The Labute approximate surface area is 208 Å². The number of carbonyl (C=O) groups excluding carboxylic acids is 3. The standard InChI is InChI=1S/C25H31N3O8/c1-6-36-21-11-9-10-12(27(2)3)7-8-13(29)14(10)19(30)15(11)22(32)25(35)17(21)18(28(4)5)20(31)16(23(25)33)24(26)34/h7-8,11,17-18,21,29-30,33,35H,6,9H2,1-5H3,(H2,26,34)/t11-,17-,18+,21+,25+/m1/s1. The summed E-state index contributed by atoms with van der Waals surface area (Å²) in [6, 6.07) is 1.83. The molecular formula is C25H31N3O8. The number of phenols is 1. The number of carbonyl (C=O) groups is 3. The number of nitrogens with two attached hydrogens (primary N) is 1. The van der Waals surface area contributed by atoms with Gasteiger partial charge in [0.05, 0.1) is 23.6 Å². The lowest BCUT2D eigenvalue weighted by Crippen LogP contribution is -2.70. The molecule has 194 valence electrons. The molecule has 0 spiro atoms. The number of fused-ring (bicyclic) bond motifs is 3. The Bertz CT molecular complexity index is 1230. The molecule has 0 aromatic heterocycles. The maximum absolute atomic E-state index is 14.0. The van der Waals surface area contributed by atoms with Crippen molar-refractivity contribution < 1.29 is 39.5 Å². The van der Waals surface area contributed by atoms with Crippen LogP contribution in [-0.4, -0.2) is 95.3 Å². The fourth-order valence-electron chi connectivity index (χ4n) is 6.05. The summed E-state index contributed by atoms with van der Waals surface area (Å²) in [5, 5.41) is 44.8. The molecule has 1 amide bonds. The smallest absolute Gasteiger partial charge is 0.255 e. The highest BCUT2D eigenvalue weighted by Gasteiger charge is 2.68. The highest BCUT2D eigenvalue weighted by molar-refractivity contribution is 6.24. The van der Waals surface area contributed by atoms with E-state index in [0.717, 1.165) is 0 Å². The van der Waals surface area contributed by atoms with Gasteiger partial charge in [-0.2, -0.15) is 0 Å². The fraction of sp³-hybridized carbons (Fsp3) is 0.480. The minimum atomic E-state index is -2.78. The van der Waals surface area contributed by atoms with E-state index in [0.29, 0.717) is 11.3 Å². The average Bonchev–Trinajstić information content (AvgIpc) is 2.78. The number of hydrogen-bond acceptors (Lipinski definition) is 10. The Hall–Kier alpha value is -3.41. The lowest BCUT2D eigenvalue weighted by molar-refractivity contribution is -0.174. The van der Waals surface area contributed by atoms with Gasteiger partial charge in [0, 0.05) is 37.9 Å². The van der Waals surface area contributed by atoms with Crippen molar-refractivity contribution in [3.8, 4) is 5.75 Å². The van der Waals surface area contributed by atoms with Crippen LogP contribution in [0.1, 0.15) is 18.1 Å². The number of anilines is 1. The van der Waals surface area contributed by atoms with Gasteiger partial charge in [0.15, 0.2) is 11.4 Å². The molecule has 0 bridgehead atoms. The van der Waals surface area contributed by atoms with E-state index in [-0.39, 0.29) is 29.9 Å². The van der Waals surface area contributed by atoms with Crippen LogP contribution in [0.2, 0.25) is 0 Å². The number of ether oxygens (including phenoxy) is 1. The molecule has 11 heteroatoms. The predicted octanol–water partition coefficient (Wildman–Crippen LogP) is 0.0450. The number of nitrogens with zero attached hydrogens (tertiary/aromatic N) is 2. The minimum Gasteiger partial charge on any atom is -0.508 e. The quantitative estimate of drug-likeness (QED) is 0.347. The van der Waals surface area contributed by atoms with Crippen molar-refractivity contribution in [3.05, 3.63) is 40.2 Å². The second kappa shape index (κ2) is 8.61. The zero-order valence-corrected chi connectivity index (χ0v) is 20.8. The number of benzene rings is 1. The number of phenolic OH excluding ortho intramolecular Hbond substituents is 1. The summed E-state index contributed by atoms with van der Waals surface area (Å²) in [7, 11) is 6.67. The Morgan fingerprint density at radius 2 is 1.81 bits per heavy atom. The van der Waals surface area contributed by atoms with Crippen LogP contribution in [0, 0.1) is 11.8 Å². The predicted molar refractivity (Wildman–Crippen MR) is 129 cm³/mol. The molecular weight excluding hydrogens is 470 g/mol. The number of aliphatic hydroxyl groups excluding tert-OH is 2. The van der Waals surface area contributed by atoms with Crippen LogP contribution >= 0.6 is 0 Å². The van der Waals surface area contributed by atoms with E-state index in [2.05, 4.69) is 0 Å². The number of aromatic hydroxyl groups is 1. The third-order valence-electron chi connectivity index (χ3n) is 7.47. The van der Waals surface area contributed by atoms with Crippen LogP contribution in [0.4, 0.5) is 5.69 Å². The Morgan fingerprint density at radius 3 is 2.33 bits per heavy atom. The van der Waals surface area contributed by atoms with Gasteiger partial charge in [-0.25, -0.2) is 0 Å². The molecule has 0 heterocycles. The van der Waals surface area contributed by atoms with E-state index >= 15 is 0 Å². The van der Waals surface area contributed by atoms with Crippen molar-refractivity contribution in [3.63, 3.8) is 0 Å². The first-order valence-electron chi connectivity index (χ1n) is 11.6. The minimum absolute atomic E-state index is 0.0349. The van der Waals surface area contributed by atoms with Gasteiger partial charge in [-0.1, -0.05) is 0 Å². The molecule has 1 aromatic rings. The van der Waals surface area contributed by atoms with E-state index in [1.54, 1.807) is 46.1 Å². The number of hydrogen-bond donors (Lipinski definition) is 5. The zero-order valence-electron chi connectivity index (χ0n) is 20.8. The number of amides is 1. The van der Waals surface area contributed by atoms with E-state index in [4.69, 9.17) is 10.5 Å². The summed E-state index contributed by atoms with van der Waals surface area (Å²) in [6.07, 6.45) is -0.894. The highest BCUT2D eigenvalue weighted by Crippen LogP contribution is 2.54. The Balaban J connectivity index is 2.08. The van der Waals surface area contributed by atoms with Gasteiger partial charge in [0.25, 0.3) is 5.91 Å². The average molecular weight is 502 g/mol. The summed E-state index contributed by atoms with van der Waals surface area (Å²) >= 11 is 0. The lowest BCUT2D eigenvalue weighted by atomic mass is 9.56. The van der Waals surface area contributed by atoms with E-state index in [1.165, 1.54) is 11.0 Å². The number of aliphatic hydroxyl groups is 3. The zero-order chi connectivity index (χ0) is 26.9. The van der Waals surface area contributed by atoms with Gasteiger partial charge in [-0.15, -0.1) is 0 Å². The van der Waals surface area contributed by atoms with E-state index in [1.807, 2.05) is 0 Å². The summed E-state index contributed by atoms with van der Waals surface area (Å²) in [5.74, 6) is -7.34. The Kier molecular flexibility index (Phi) is 6.14. The van der Waals surface area contributed by atoms with Crippen molar-refractivity contribution in [2.24, 2.45) is 17.6 Å². The van der Waals surface area contributed by atoms with Crippen molar-refractivity contribution >= 4 is 28.9 Å². The van der Waals surface area contributed by atoms with Crippen LogP contribution in [0.25, 0.3) is 5.76 Å². The van der Waals surface area contributed by atoms with E-state index < -0.39 is 64.1 Å². The van der Waals surface area contributed by atoms with Crippen molar-refractivity contribution in [1.29, 1.82) is 0 Å². The second-order valence-corrected chi connectivity index (χ2v) is 9.83. The van der Waals surface area contributed by atoms with Gasteiger partial charge in [0.1, 0.15) is 22.8 Å². The molecule has 4 rings (SSSR count). The first-order valence-corrected chi connectivity index (χ1v) is 11.6. The highest BCUT2D eigenvalue weighted by atomic mass is 16.5. The second-order valence-electron chi connectivity index (χ2n) is 9.83. The lowest BCUT2D eigenvalue weighted by Gasteiger charge is -2.53. The molecule has 1 fully saturated rings. The fourth-order valence-corrected chi connectivity index (χ4v) is 6.05. The largest absolute Gasteiger partial charge is 0.508 e. The number of rotatable bonds is 5. The molecule has 6 N–H and O–H groups in total. The normalized spacial score (nSPS) is 29.8. The SMILES string of the molecule is CCO[C@@H]1[C@H]2[C@H](N(C)C)C(=O)C(C(N)=O)=C(O)[C@@]2(O)C(=O)C2=C(O)c3c(O)ccc(N(C)C)c3C[C@H]21. The number of Topliss-reactive ketones (excluding diaryl/α,β-unsaturated/α-hetero) is 2. The molecule has 1 aromatic carbocycles. The summed E-state index contributed by atoms with van der Waals surface area (Å²) in [4.78, 5) is 42.7. The summed E-state index contributed by atoms with van der Waals surface area (Å²) in [6.45, 7) is 1.83. The monoisotopic (exact) mass is 501 g/mol. The van der Waals surface area contributed by atoms with Gasteiger partial charge in [-0.3, -0.25) is 19.3 Å². The molecule has 3 aliphatic rings. The molecule has 3 aliphatic carbocycles. The molecule has 0 unspecified atom stereocenters. The first kappa shape index (κ1) is 25.7. The molecule has 0 saturated heterocycles. The maximum Gasteiger partial charge on any atom is 0.255 e. The van der Waals surface area contributed by atoms with Gasteiger partial charge < -0.3 is 35.8 Å². The summed E-state index contributed by atoms with van der Waals surface area (Å²) in [5.41, 5.74) is 2.76. The van der Waals surface area contributed by atoms with Gasteiger partial charge in [-0.05, 0) is 45.1 Å². The molecule has 5 atom stereocenters. The molecule has 11 nitrogen and oxygen atoms in total. The van der Waals surface area contributed by atoms with Crippen molar-refractivity contribution in [1.82, 2.24) is 4.90 Å². The maximum atomic E-state index is 14.0. The van der Waals surface area contributed by atoms with Gasteiger partial charge in [0.2, 0.25) is 5.78 Å². The topological polar surface area (TPSA) is 174 Å². The van der Waals surface area contributed by atoms with Gasteiger partial charge >= 0.3 is 0 Å². The third-order valence-corrected chi connectivity index (χ3v) is 7.47. The van der Waals surface area contributed by atoms with Crippen LogP contribution in [0.5, 0.6) is 5.75 Å². The summed E-state index contributed by atoms with van der Waals surface area (Å²) < 4.78 is 6.04. The van der Waals surface area contributed by atoms with Crippen LogP contribution in [0.15, 0.2) is 29.0 Å². The van der Waals surface area contributed by atoms with Crippen molar-refractivity contribution in [2.45, 2.75) is 31.1 Å². The van der Waals surface area contributed by atoms with Crippen LogP contribution in [-0.2, 0) is 25.5 Å². The van der Waals surface area contributed by atoms with Crippen LogP contribution < -0.4 is 10.6 Å². The van der Waals surface area contributed by atoms with Crippen molar-refractivity contribution in [2.75, 3.05) is 39.7 Å². The third kappa shape index (κ3) is 3.26. The number of likely N-dealkylation sites (N-methyl/N-ethyl adjacent to an activating group) is 1. The van der Waals surface area contributed by atoms with Crippen LogP contribution in [0.3, 0.4) is 0 Å². The molecule has 0 radical (unpaired) electrons. The Morgan fingerprint density at radius 1 is 1.17 bits per heavy atom. The number of primary amides is 1. The molecule has 1 saturated carbocycles. The first-order chi connectivity index (χ1) is 16.8. The number of ketones is 2. The molecule has 0 aliphatic heterocycles.